The molecule has 150 valence electrons. The number of nitrogens with one attached hydrogen (secondary N) is 2. The van der Waals surface area contributed by atoms with Crippen molar-refractivity contribution in [3.8, 4) is 0 Å². The van der Waals surface area contributed by atoms with E-state index in [-0.39, 0.29) is 22.3 Å². The van der Waals surface area contributed by atoms with Gasteiger partial charge in [0.2, 0.25) is 21.0 Å². The maximum Gasteiger partial charge on any atom is 0.241 e. The van der Waals surface area contributed by atoms with Crippen molar-refractivity contribution in [3.63, 3.8) is 0 Å². The Labute approximate surface area is 170 Å². The van der Waals surface area contributed by atoms with E-state index in [1.807, 2.05) is 37.3 Å². The minimum atomic E-state index is -3.84. The third kappa shape index (κ3) is 7.10. The van der Waals surface area contributed by atoms with Crippen LogP contribution in [0.25, 0.3) is 0 Å². The number of carbonyl (C=O) groups excluding carboxylic acids is 2. The molecule has 0 spiro atoms. The van der Waals surface area contributed by atoms with E-state index in [0.717, 1.165) is 22.9 Å². The topological polar surface area (TPSA) is 92.3 Å². The van der Waals surface area contributed by atoms with E-state index >= 15 is 0 Å². The van der Waals surface area contributed by atoms with Crippen molar-refractivity contribution < 1.29 is 18.0 Å². The average Bonchev–Trinajstić information content (AvgIpc) is 2.65. The molecule has 0 bridgehead atoms. The van der Waals surface area contributed by atoms with E-state index in [1.165, 1.54) is 19.1 Å². The highest BCUT2D eigenvalue weighted by molar-refractivity contribution is 8.13. The molecule has 1 atom stereocenters. The Balaban J connectivity index is 2.13. The first kappa shape index (κ1) is 22.1. The van der Waals surface area contributed by atoms with Crippen LogP contribution in [0.5, 0.6) is 0 Å². The largest absolute Gasteiger partial charge is 0.356 e. The van der Waals surface area contributed by atoms with Crippen LogP contribution in [0.4, 0.5) is 0 Å². The molecule has 2 N–H and O–H groups in total. The van der Waals surface area contributed by atoms with Crippen LogP contribution in [0.15, 0.2) is 59.5 Å². The second-order valence-electron chi connectivity index (χ2n) is 6.33. The molecule has 0 saturated carbocycles. The number of aryl methyl sites for hydroxylation is 1. The monoisotopic (exact) mass is 420 g/mol. The van der Waals surface area contributed by atoms with E-state index in [1.54, 1.807) is 12.1 Å². The van der Waals surface area contributed by atoms with Gasteiger partial charge in [0.15, 0.2) is 0 Å². The molecule has 6 nitrogen and oxygen atoms in total. The van der Waals surface area contributed by atoms with Crippen molar-refractivity contribution in [1.82, 2.24) is 10.0 Å². The van der Waals surface area contributed by atoms with Crippen molar-refractivity contribution in [2.24, 2.45) is 0 Å². The zero-order valence-corrected chi connectivity index (χ0v) is 17.5. The molecule has 2 rings (SSSR count). The Kier molecular flexibility index (Phi) is 8.22. The number of rotatable bonds is 9. The molecule has 0 heterocycles. The minimum Gasteiger partial charge on any atom is -0.356 e. The zero-order chi connectivity index (χ0) is 20.6. The molecule has 0 radical (unpaired) electrons. The van der Waals surface area contributed by atoms with E-state index in [4.69, 9.17) is 0 Å². The summed E-state index contributed by atoms with van der Waals surface area (Å²) in [7, 11) is -3.84. The van der Waals surface area contributed by atoms with Gasteiger partial charge in [0.05, 0.1) is 10.9 Å². The van der Waals surface area contributed by atoms with Crippen LogP contribution in [-0.4, -0.2) is 37.8 Å². The van der Waals surface area contributed by atoms with E-state index < -0.39 is 16.1 Å². The smallest absolute Gasteiger partial charge is 0.241 e. The van der Waals surface area contributed by atoms with Crippen LogP contribution < -0.4 is 10.0 Å². The summed E-state index contributed by atoms with van der Waals surface area (Å²) < 4.78 is 28.0. The highest BCUT2D eigenvalue weighted by Gasteiger charge is 2.26. The first-order chi connectivity index (χ1) is 13.3. The fourth-order valence-corrected chi connectivity index (χ4v) is 4.49. The summed E-state index contributed by atoms with van der Waals surface area (Å²) in [5.74, 6) is 0.199. The van der Waals surface area contributed by atoms with Gasteiger partial charge in [-0.3, -0.25) is 9.59 Å². The zero-order valence-electron chi connectivity index (χ0n) is 15.8. The molecule has 2 aromatic carbocycles. The van der Waals surface area contributed by atoms with Crippen LogP contribution in [0, 0.1) is 6.92 Å². The molecular formula is C20H24N2O4S2. The van der Waals surface area contributed by atoms with Gasteiger partial charge in [-0.2, -0.15) is 4.72 Å². The van der Waals surface area contributed by atoms with Gasteiger partial charge in [0.1, 0.15) is 0 Å². The highest BCUT2D eigenvalue weighted by Crippen LogP contribution is 2.16. The lowest BCUT2D eigenvalue weighted by Crippen LogP contribution is -2.41. The Morgan fingerprint density at radius 1 is 1.04 bits per heavy atom. The fraction of sp³-hybridized carbons (Fsp3) is 0.300. The van der Waals surface area contributed by atoms with Gasteiger partial charge in [-0.25, -0.2) is 8.42 Å². The van der Waals surface area contributed by atoms with Gasteiger partial charge >= 0.3 is 0 Å². The van der Waals surface area contributed by atoms with Crippen LogP contribution in [0.3, 0.4) is 0 Å². The second kappa shape index (κ2) is 10.4. The fourth-order valence-electron chi connectivity index (χ4n) is 2.47. The second-order valence-corrected chi connectivity index (χ2v) is 9.14. The lowest BCUT2D eigenvalue weighted by molar-refractivity contribution is -0.119. The van der Waals surface area contributed by atoms with Gasteiger partial charge in [-0.1, -0.05) is 59.8 Å². The number of carbonyl (C=O) groups is 2. The SMILES string of the molecule is CC(=O)NCCSC(=O)[C@H](Cc1ccccc1)NS(=O)(=O)c1ccc(C)cc1. The van der Waals surface area contributed by atoms with Gasteiger partial charge in [-0.05, 0) is 31.0 Å². The van der Waals surface area contributed by atoms with Gasteiger partial charge in [-0.15, -0.1) is 0 Å². The van der Waals surface area contributed by atoms with Crippen molar-refractivity contribution >= 4 is 32.8 Å². The van der Waals surface area contributed by atoms with Crippen molar-refractivity contribution in [3.05, 3.63) is 65.7 Å². The number of hydrogen-bond donors (Lipinski definition) is 2. The number of benzene rings is 2. The Morgan fingerprint density at radius 3 is 2.29 bits per heavy atom. The van der Waals surface area contributed by atoms with Crippen molar-refractivity contribution in [2.45, 2.75) is 31.2 Å². The normalized spacial score (nSPS) is 12.4. The van der Waals surface area contributed by atoms with Crippen LogP contribution in [-0.2, 0) is 26.0 Å². The molecule has 0 aliphatic carbocycles. The summed E-state index contributed by atoms with van der Waals surface area (Å²) >= 11 is 1.00. The van der Waals surface area contributed by atoms with Gasteiger partial charge < -0.3 is 5.32 Å². The lowest BCUT2D eigenvalue weighted by Gasteiger charge is -2.18. The standard InChI is InChI=1S/C20H24N2O4S2/c1-15-8-10-18(11-9-15)28(25,26)22-19(14-17-6-4-3-5-7-17)20(24)27-13-12-21-16(2)23/h3-11,19,22H,12-14H2,1-2H3,(H,21,23)/t19-/m0/s1. The predicted molar refractivity (Wildman–Crippen MR) is 112 cm³/mol. The third-order valence-corrected chi connectivity index (χ3v) is 6.38. The Morgan fingerprint density at radius 2 is 1.68 bits per heavy atom. The van der Waals surface area contributed by atoms with E-state index in [9.17, 15) is 18.0 Å². The molecule has 0 fully saturated rings. The van der Waals surface area contributed by atoms with Crippen molar-refractivity contribution in [2.75, 3.05) is 12.3 Å². The summed E-state index contributed by atoms with van der Waals surface area (Å²) in [5, 5.41) is 2.33. The quantitative estimate of drug-likeness (QED) is 0.607. The number of hydrogen-bond acceptors (Lipinski definition) is 5. The summed E-state index contributed by atoms with van der Waals surface area (Å²) in [6, 6.07) is 14.8. The number of thioether (sulfide) groups is 1. The van der Waals surface area contributed by atoms with E-state index in [2.05, 4.69) is 10.0 Å². The summed E-state index contributed by atoms with van der Waals surface area (Å²) in [4.78, 5) is 23.7. The average molecular weight is 421 g/mol. The molecule has 0 saturated heterocycles. The molecule has 28 heavy (non-hydrogen) atoms. The van der Waals surface area contributed by atoms with Crippen molar-refractivity contribution in [1.29, 1.82) is 0 Å². The van der Waals surface area contributed by atoms with Crippen LogP contribution in [0.2, 0.25) is 0 Å². The molecule has 8 heteroatoms. The van der Waals surface area contributed by atoms with Gasteiger partial charge in [0.25, 0.3) is 0 Å². The molecule has 0 aliphatic rings. The molecule has 0 unspecified atom stereocenters. The van der Waals surface area contributed by atoms with Gasteiger partial charge in [0, 0.05) is 19.2 Å². The Hall–Kier alpha value is -2.16. The molecule has 0 aromatic heterocycles. The van der Waals surface area contributed by atoms with Crippen LogP contribution >= 0.6 is 11.8 Å². The molecule has 1 amide bonds. The maximum atomic E-state index is 12.7. The first-order valence-corrected chi connectivity index (χ1v) is 11.3. The molecular weight excluding hydrogens is 396 g/mol. The third-order valence-electron chi connectivity index (χ3n) is 3.92. The lowest BCUT2D eigenvalue weighted by atomic mass is 10.1. The predicted octanol–water partition coefficient (Wildman–Crippen LogP) is 2.28. The summed E-state index contributed by atoms with van der Waals surface area (Å²) in [6.07, 6.45) is 0.248. The number of amides is 1. The van der Waals surface area contributed by atoms with Crippen LogP contribution in [0.1, 0.15) is 18.1 Å². The first-order valence-electron chi connectivity index (χ1n) is 8.82. The van der Waals surface area contributed by atoms with E-state index in [0.29, 0.717) is 12.3 Å². The number of sulfonamides is 1. The summed E-state index contributed by atoms with van der Waals surface area (Å²) in [6.45, 7) is 3.62. The molecule has 2 aromatic rings. The Bertz CT molecular complexity index is 898. The minimum absolute atomic E-state index is 0.118. The summed E-state index contributed by atoms with van der Waals surface area (Å²) in [5.41, 5.74) is 1.80. The molecule has 0 aliphatic heterocycles. The maximum absolute atomic E-state index is 12.7. The highest BCUT2D eigenvalue weighted by atomic mass is 32.2.